The summed E-state index contributed by atoms with van der Waals surface area (Å²) >= 11 is 0. The van der Waals surface area contributed by atoms with Crippen LogP contribution in [-0.2, 0) is 6.54 Å². The predicted molar refractivity (Wildman–Crippen MR) is 102 cm³/mol. The van der Waals surface area contributed by atoms with Crippen LogP contribution in [0.4, 0.5) is 6.01 Å². The van der Waals surface area contributed by atoms with Crippen molar-refractivity contribution in [2.75, 3.05) is 38.7 Å². The zero-order valence-corrected chi connectivity index (χ0v) is 15.3. The van der Waals surface area contributed by atoms with Gasteiger partial charge in [0.2, 0.25) is 6.79 Å². The Labute approximate surface area is 161 Å². The average Bonchev–Trinajstić information content (AvgIpc) is 3.32. The first-order valence-electron chi connectivity index (χ1n) is 9.22. The van der Waals surface area contributed by atoms with Gasteiger partial charge in [0, 0.05) is 32.7 Å². The molecular weight excluding hydrogens is 360 g/mol. The van der Waals surface area contributed by atoms with E-state index < -0.39 is 0 Å². The van der Waals surface area contributed by atoms with Gasteiger partial charge in [0.1, 0.15) is 5.52 Å². The van der Waals surface area contributed by atoms with Gasteiger partial charge in [-0.05, 0) is 29.8 Å². The maximum atomic E-state index is 13.0. The number of nitrogens with two attached hydrogens (primary N) is 1. The summed E-state index contributed by atoms with van der Waals surface area (Å²) in [4.78, 5) is 21.3. The number of amides is 1. The van der Waals surface area contributed by atoms with E-state index in [0.29, 0.717) is 29.8 Å². The Morgan fingerprint density at radius 1 is 1.07 bits per heavy atom. The number of fused-ring (bicyclic) bond motifs is 2. The molecule has 28 heavy (non-hydrogen) atoms. The summed E-state index contributed by atoms with van der Waals surface area (Å²) in [7, 11) is 0. The fraction of sp³-hybridized carbons (Fsp3) is 0.300. The van der Waals surface area contributed by atoms with Crippen LogP contribution < -0.4 is 15.2 Å². The molecule has 0 saturated carbocycles. The Morgan fingerprint density at radius 3 is 2.75 bits per heavy atom. The van der Waals surface area contributed by atoms with Crippen LogP contribution in [0.25, 0.3) is 11.1 Å². The lowest BCUT2D eigenvalue weighted by Gasteiger charge is -2.34. The van der Waals surface area contributed by atoms with E-state index in [2.05, 4.69) is 16.0 Å². The second kappa shape index (κ2) is 6.72. The van der Waals surface area contributed by atoms with Crippen LogP contribution >= 0.6 is 0 Å². The number of rotatable bonds is 3. The number of hydrogen-bond acceptors (Lipinski definition) is 7. The van der Waals surface area contributed by atoms with Crippen LogP contribution in [0.15, 0.2) is 40.8 Å². The van der Waals surface area contributed by atoms with Gasteiger partial charge in [0.05, 0.1) is 5.56 Å². The molecule has 2 aromatic carbocycles. The van der Waals surface area contributed by atoms with Gasteiger partial charge in [-0.15, -0.1) is 0 Å². The summed E-state index contributed by atoms with van der Waals surface area (Å²) in [6.45, 7) is 4.02. The van der Waals surface area contributed by atoms with Gasteiger partial charge in [-0.3, -0.25) is 9.69 Å². The first-order valence-corrected chi connectivity index (χ1v) is 9.22. The number of anilines is 1. The lowest BCUT2D eigenvalue weighted by molar-refractivity contribution is 0.0630. The molecule has 144 valence electrons. The van der Waals surface area contributed by atoms with E-state index >= 15 is 0 Å². The molecule has 0 unspecified atom stereocenters. The third-order valence-electron chi connectivity index (χ3n) is 5.17. The SMILES string of the molecule is Nc1nc2c(C(=O)N3CCN(Cc4ccc5c(c4)OCO5)CC3)cccc2o1. The number of oxazole rings is 1. The van der Waals surface area contributed by atoms with Crippen LogP contribution in [0.1, 0.15) is 15.9 Å². The minimum absolute atomic E-state index is 0.0402. The fourth-order valence-corrected chi connectivity index (χ4v) is 3.72. The second-order valence-electron chi connectivity index (χ2n) is 6.96. The van der Waals surface area contributed by atoms with Crippen LogP contribution in [0.2, 0.25) is 0 Å². The number of carbonyl (C=O) groups is 1. The van der Waals surface area contributed by atoms with Crippen molar-refractivity contribution in [2.24, 2.45) is 0 Å². The second-order valence-corrected chi connectivity index (χ2v) is 6.96. The number of hydrogen-bond donors (Lipinski definition) is 1. The van der Waals surface area contributed by atoms with Gasteiger partial charge >= 0.3 is 0 Å². The number of nitrogen functional groups attached to an aromatic ring is 1. The molecule has 2 aliphatic rings. The highest BCUT2D eigenvalue weighted by atomic mass is 16.7. The molecule has 1 saturated heterocycles. The lowest BCUT2D eigenvalue weighted by atomic mass is 10.1. The molecule has 8 heteroatoms. The number of nitrogens with zero attached hydrogens (tertiary/aromatic N) is 3. The maximum Gasteiger partial charge on any atom is 0.293 e. The minimum Gasteiger partial charge on any atom is -0.454 e. The van der Waals surface area contributed by atoms with Gasteiger partial charge in [0.25, 0.3) is 11.9 Å². The average molecular weight is 380 g/mol. The zero-order chi connectivity index (χ0) is 19.1. The summed E-state index contributed by atoms with van der Waals surface area (Å²) in [6.07, 6.45) is 0. The third-order valence-corrected chi connectivity index (χ3v) is 5.17. The van der Waals surface area contributed by atoms with E-state index in [1.165, 1.54) is 5.56 Å². The number of ether oxygens (including phenoxy) is 2. The van der Waals surface area contributed by atoms with E-state index in [0.717, 1.165) is 31.1 Å². The van der Waals surface area contributed by atoms with Crippen molar-refractivity contribution in [3.63, 3.8) is 0 Å². The molecule has 0 bridgehead atoms. The van der Waals surface area contributed by atoms with E-state index in [9.17, 15) is 4.79 Å². The van der Waals surface area contributed by atoms with Gasteiger partial charge in [-0.25, -0.2) is 0 Å². The Bertz CT molecular complexity index is 1040. The van der Waals surface area contributed by atoms with Gasteiger partial charge in [-0.2, -0.15) is 4.98 Å². The van der Waals surface area contributed by atoms with Crippen molar-refractivity contribution in [1.82, 2.24) is 14.8 Å². The number of piperazine rings is 1. The molecule has 0 atom stereocenters. The van der Waals surface area contributed by atoms with Gasteiger partial charge in [0.15, 0.2) is 17.1 Å². The zero-order valence-electron chi connectivity index (χ0n) is 15.3. The molecule has 5 rings (SSSR count). The van der Waals surface area contributed by atoms with Crippen molar-refractivity contribution in [3.05, 3.63) is 47.5 Å². The topological polar surface area (TPSA) is 94.1 Å². The summed E-state index contributed by atoms with van der Waals surface area (Å²) < 4.78 is 16.1. The molecule has 1 fully saturated rings. The molecule has 0 spiro atoms. The Morgan fingerprint density at radius 2 is 1.89 bits per heavy atom. The van der Waals surface area contributed by atoms with Crippen LogP contribution in [0.5, 0.6) is 11.5 Å². The highest BCUT2D eigenvalue weighted by Gasteiger charge is 2.25. The number of benzene rings is 2. The van der Waals surface area contributed by atoms with Crippen molar-refractivity contribution in [1.29, 1.82) is 0 Å². The van der Waals surface area contributed by atoms with E-state index in [-0.39, 0.29) is 18.7 Å². The Kier molecular flexibility index (Phi) is 4.05. The standard InChI is InChI=1S/C20H20N4O4/c21-20-22-18-14(2-1-3-16(18)28-20)19(25)24-8-6-23(7-9-24)11-13-4-5-15-17(10-13)27-12-26-15/h1-5,10H,6-9,11-12H2,(H2,21,22). The molecular formula is C20H20N4O4. The van der Waals surface area contributed by atoms with Crippen molar-refractivity contribution in [2.45, 2.75) is 6.54 Å². The Balaban J connectivity index is 1.25. The van der Waals surface area contributed by atoms with Crippen LogP contribution in [0.3, 0.4) is 0 Å². The third kappa shape index (κ3) is 3.01. The quantitative estimate of drug-likeness (QED) is 0.743. The lowest BCUT2D eigenvalue weighted by Crippen LogP contribution is -2.48. The molecule has 2 N–H and O–H groups in total. The summed E-state index contributed by atoms with van der Waals surface area (Å²) in [5.74, 6) is 1.55. The molecule has 3 aromatic rings. The highest BCUT2D eigenvalue weighted by molar-refractivity contribution is 6.04. The first kappa shape index (κ1) is 16.9. The molecule has 2 aliphatic heterocycles. The van der Waals surface area contributed by atoms with Crippen molar-refractivity contribution in [3.8, 4) is 11.5 Å². The van der Waals surface area contributed by atoms with Gasteiger partial charge < -0.3 is 24.5 Å². The first-order chi connectivity index (χ1) is 13.7. The number of aromatic nitrogens is 1. The molecule has 0 aliphatic carbocycles. The van der Waals surface area contributed by atoms with E-state index in [1.54, 1.807) is 18.2 Å². The monoisotopic (exact) mass is 380 g/mol. The maximum absolute atomic E-state index is 13.0. The fourth-order valence-electron chi connectivity index (χ4n) is 3.72. The number of carbonyl (C=O) groups excluding carboxylic acids is 1. The summed E-state index contributed by atoms with van der Waals surface area (Å²) in [6, 6.07) is 11.4. The van der Waals surface area contributed by atoms with Crippen molar-refractivity contribution >= 4 is 23.0 Å². The van der Waals surface area contributed by atoms with Crippen molar-refractivity contribution < 1.29 is 18.7 Å². The molecule has 3 heterocycles. The van der Waals surface area contributed by atoms with E-state index in [4.69, 9.17) is 19.6 Å². The summed E-state index contributed by atoms with van der Waals surface area (Å²) in [5.41, 5.74) is 8.39. The number of para-hydroxylation sites is 1. The normalized spacial score (nSPS) is 16.6. The molecule has 0 radical (unpaired) electrons. The molecule has 8 nitrogen and oxygen atoms in total. The molecule has 1 amide bonds. The smallest absolute Gasteiger partial charge is 0.293 e. The van der Waals surface area contributed by atoms with E-state index in [1.807, 2.05) is 17.0 Å². The van der Waals surface area contributed by atoms with Crippen LogP contribution in [-0.4, -0.2) is 53.7 Å². The minimum atomic E-state index is -0.0402. The molecule has 1 aromatic heterocycles. The predicted octanol–water partition coefficient (Wildman–Crippen LogP) is 2.10. The van der Waals surface area contributed by atoms with Gasteiger partial charge in [-0.1, -0.05) is 12.1 Å². The summed E-state index contributed by atoms with van der Waals surface area (Å²) in [5, 5.41) is 0. The Hall–Kier alpha value is -3.26. The largest absolute Gasteiger partial charge is 0.454 e. The highest BCUT2D eigenvalue weighted by Crippen LogP contribution is 2.33. The van der Waals surface area contributed by atoms with Crippen LogP contribution in [0, 0.1) is 0 Å².